The van der Waals surface area contributed by atoms with E-state index in [1.165, 1.54) is 0 Å². The Bertz CT molecular complexity index is 395. The van der Waals surface area contributed by atoms with Crippen LogP contribution in [0.1, 0.15) is 45.3 Å². The van der Waals surface area contributed by atoms with Crippen molar-refractivity contribution in [3.63, 3.8) is 0 Å². The fourth-order valence-corrected chi connectivity index (χ4v) is 1.76. The third kappa shape index (κ3) is 5.77. The molecule has 0 spiro atoms. The zero-order chi connectivity index (χ0) is 13.8. The number of aromatic nitrogens is 2. The second kappa shape index (κ2) is 5.95. The molecule has 6 heteroatoms. The van der Waals surface area contributed by atoms with Gasteiger partial charge in [-0.05, 0) is 11.8 Å². The summed E-state index contributed by atoms with van der Waals surface area (Å²) in [6.45, 7) is 8.29. The molecule has 0 aromatic carbocycles. The molecule has 1 heterocycles. The number of hydrogen-bond donors (Lipinski definition) is 2. The maximum Gasteiger partial charge on any atom is 0.223 e. The van der Waals surface area contributed by atoms with E-state index in [1.807, 2.05) is 0 Å². The molecule has 0 saturated carbocycles. The van der Waals surface area contributed by atoms with E-state index in [0.29, 0.717) is 18.1 Å². The average molecular weight is 254 g/mol. The quantitative estimate of drug-likeness (QED) is 0.822. The minimum atomic E-state index is -0.128. The zero-order valence-corrected chi connectivity index (χ0v) is 11.5. The van der Waals surface area contributed by atoms with Crippen molar-refractivity contribution >= 4 is 5.91 Å². The largest absolute Gasteiger partial charge is 0.349 e. The van der Waals surface area contributed by atoms with Gasteiger partial charge in [-0.25, -0.2) is 0 Å². The molecule has 0 radical (unpaired) electrons. The molecule has 1 atom stereocenters. The van der Waals surface area contributed by atoms with E-state index in [-0.39, 0.29) is 23.9 Å². The van der Waals surface area contributed by atoms with Crippen molar-refractivity contribution in [3.8, 4) is 0 Å². The molecule has 1 rings (SSSR count). The van der Waals surface area contributed by atoms with Crippen LogP contribution >= 0.6 is 0 Å². The fraction of sp³-hybridized carbons (Fsp3) is 0.750. The van der Waals surface area contributed by atoms with Gasteiger partial charge in [0.15, 0.2) is 5.82 Å². The van der Waals surface area contributed by atoms with Gasteiger partial charge in [0, 0.05) is 19.4 Å². The molecule has 0 aliphatic heterocycles. The normalized spacial score (nSPS) is 13.4. The Kier molecular flexibility index (Phi) is 4.84. The van der Waals surface area contributed by atoms with Gasteiger partial charge in [-0.1, -0.05) is 25.9 Å². The summed E-state index contributed by atoms with van der Waals surface area (Å²) in [5.41, 5.74) is 6.05. The predicted molar refractivity (Wildman–Crippen MR) is 67.5 cm³/mol. The summed E-state index contributed by atoms with van der Waals surface area (Å²) in [6.07, 6.45) is 1.12. The van der Waals surface area contributed by atoms with E-state index in [0.717, 1.165) is 6.42 Å². The molecule has 1 unspecified atom stereocenters. The number of aryl methyl sites for hydroxylation is 1. The maximum absolute atomic E-state index is 11.6. The second-order valence-electron chi connectivity index (χ2n) is 5.74. The first-order chi connectivity index (χ1) is 8.26. The second-order valence-corrected chi connectivity index (χ2v) is 5.74. The Morgan fingerprint density at radius 3 is 2.67 bits per heavy atom. The number of hydrogen-bond acceptors (Lipinski definition) is 5. The first kappa shape index (κ1) is 14.6. The number of nitrogens with one attached hydrogen (secondary N) is 1. The molecule has 18 heavy (non-hydrogen) atoms. The van der Waals surface area contributed by atoms with Crippen molar-refractivity contribution in [2.24, 2.45) is 11.1 Å². The Balaban J connectivity index is 2.29. The number of carbonyl (C=O) groups excluding carboxylic acids is 1. The number of rotatable bonds is 5. The number of carbonyl (C=O) groups is 1. The third-order valence-electron chi connectivity index (χ3n) is 2.34. The van der Waals surface area contributed by atoms with E-state index in [2.05, 4.69) is 36.2 Å². The molecule has 0 saturated heterocycles. The summed E-state index contributed by atoms with van der Waals surface area (Å²) in [7, 11) is 0. The lowest BCUT2D eigenvalue weighted by atomic mass is 9.87. The van der Waals surface area contributed by atoms with Crippen molar-refractivity contribution < 1.29 is 9.32 Å². The molecule has 0 aliphatic rings. The van der Waals surface area contributed by atoms with Crippen molar-refractivity contribution in [2.45, 2.75) is 53.1 Å². The molecule has 3 N–H and O–H groups in total. The standard InChI is InChI=1S/C12H22N4O2/c1-8-15-10(16-18-8)7-14-11(17)5-9(13)6-12(2,3)4/h9H,5-7,13H2,1-4H3,(H,14,17). The van der Waals surface area contributed by atoms with E-state index < -0.39 is 0 Å². The monoisotopic (exact) mass is 254 g/mol. The summed E-state index contributed by atoms with van der Waals surface area (Å²) in [4.78, 5) is 15.6. The van der Waals surface area contributed by atoms with Crippen LogP contribution in [0.15, 0.2) is 4.52 Å². The highest BCUT2D eigenvalue weighted by molar-refractivity contribution is 5.76. The summed E-state index contributed by atoms with van der Waals surface area (Å²) < 4.78 is 4.81. The average Bonchev–Trinajstić information content (AvgIpc) is 2.58. The maximum atomic E-state index is 11.6. The van der Waals surface area contributed by atoms with E-state index in [4.69, 9.17) is 10.3 Å². The van der Waals surface area contributed by atoms with E-state index >= 15 is 0 Å². The first-order valence-corrected chi connectivity index (χ1v) is 6.08. The van der Waals surface area contributed by atoms with Crippen LogP contribution in [-0.4, -0.2) is 22.1 Å². The molecule has 1 aromatic rings. The van der Waals surface area contributed by atoms with Crippen LogP contribution in [0.5, 0.6) is 0 Å². The lowest BCUT2D eigenvalue weighted by Gasteiger charge is -2.22. The predicted octanol–water partition coefficient (Wildman–Crippen LogP) is 1.15. The molecular formula is C12H22N4O2. The van der Waals surface area contributed by atoms with Crippen molar-refractivity contribution in [2.75, 3.05) is 0 Å². The third-order valence-corrected chi connectivity index (χ3v) is 2.34. The van der Waals surface area contributed by atoms with E-state index in [9.17, 15) is 4.79 Å². The van der Waals surface area contributed by atoms with Crippen molar-refractivity contribution in [1.29, 1.82) is 0 Å². The SMILES string of the molecule is Cc1nc(CNC(=O)CC(N)CC(C)(C)C)no1. The lowest BCUT2D eigenvalue weighted by molar-refractivity contribution is -0.121. The molecule has 0 bridgehead atoms. The Hall–Kier alpha value is -1.43. The van der Waals surface area contributed by atoms with E-state index in [1.54, 1.807) is 6.92 Å². The smallest absolute Gasteiger partial charge is 0.223 e. The van der Waals surface area contributed by atoms with Crippen LogP contribution in [0.2, 0.25) is 0 Å². The van der Waals surface area contributed by atoms with Crippen molar-refractivity contribution in [3.05, 3.63) is 11.7 Å². The van der Waals surface area contributed by atoms with Gasteiger partial charge in [-0.3, -0.25) is 4.79 Å². The summed E-state index contributed by atoms with van der Waals surface area (Å²) >= 11 is 0. The van der Waals surface area contributed by atoms with Crippen LogP contribution < -0.4 is 11.1 Å². The Morgan fingerprint density at radius 1 is 1.50 bits per heavy atom. The van der Waals surface area contributed by atoms with Gasteiger partial charge in [-0.2, -0.15) is 4.98 Å². The minimum absolute atomic E-state index is 0.0887. The van der Waals surface area contributed by atoms with Gasteiger partial charge in [0.05, 0.1) is 6.54 Å². The highest BCUT2D eigenvalue weighted by Gasteiger charge is 2.18. The summed E-state index contributed by atoms with van der Waals surface area (Å²) in [5, 5.41) is 6.42. The Labute approximate surface area is 107 Å². The molecule has 0 fully saturated rings. The summed E-state index contributed by atoms with van der Waals surface area (Å²) in [5.74, 6) is 0.878. The molecule has 0 aliphatic carbocycles. The van der Waals surface area contributed by atoms with Gasteiger partial charge >= 0.3 is 0 Å². The highest BCUT2D eigenvalue weighted by Crippen LogP contribution is 2.20. The zero-order valence-electron chi connectivity index (χ0n) is 11.5. The number of nitrogens with zero attached hydrogens (tertiary/aromatic N) is 2. The molecule has 102 valence electrons. The summed E-state index contributed by atoms with van der Waals surface area (Å²) in [6, 6.07) is -0.128. The van der Waals surface area contributed by atoms with Gasteiger partial charge in [-0.15, -0.1) is 0 Å². The van der Waals surface area contributed by atoms with Crippen LogP contribution in [0.3, 0.4) is 0 Å². The van der Waals surface area contributed by atoms with Crippen LogP contribution in [-0.2, 0) is 11.3 Å². The van der Waals surface area contributed by atoms with Crippen molar-refractivity contribution in [1.82, 2.24) is 15.5 Å². The topological polar surface area (TPSA) is 94.0 Å². The minimum Gasteiger partial charge on any atom is -0.349 e. The Morgan fingerprint density at radius 2 is 2.17 bits per heavy atom. The lowest BCUT2D eigenvalue weighted by Crippen LogP contribution is -2.34. The van der Waals surface area contributed by atoms with Gasteiger partial charge in [0.1, 0.15) is 0 Å². The van der Waals surface area contributed by atoms with Gasteiger partial charge in [0.2, 0.25) is 11.8 Å². The molecule has 1 aromatic heterocycles. The van der Waals surface area contributed by atoms with Crippen LogP contribution in [0.25, 0.3) is 0 Å². The van der Waals surface area contributed by atoms with Crippen LogP contribution in [0.4, 0.5) is 0 Å². The fourth-order valence-electron chi connectivity index (χ4n) is 1.76. The molecular weight excluding hydrogens is 232 g/mol. The highest BCUT2D eigenvalue weighted by atomic mass is 16.5. The number of amides is 1. The molecule has 6 nitrogen and oxygen atoms in total. The molecule has 1 amide bonds. The van der Waals surface area contributed by atoms with Crippen LogP contribution in [0, 0.1) is 12.3 Å². The number of nitrogens with two attached hydrogens (primary N) is 1. The van der Waals surface area contributed by atoms with Gasteiger partial charge in [0.25, 0.3) is 0 Å². The van der Waals surface area contributed by atoms with Gasteiger partial charge < -0.3 is 15.6 Å². The first-order valence-electron chi connectivity index (χ1n) is 6.08.